The predicted octanol–water partition coefficient (Wildman–Crippen LogP) is 2.98. The van der Waals surface area contributed by atoms with E-state index >= 15 is 0 Å². The van der Waals surface area contributed by atoms with E-state index in [2.05, 4.69) is 20.8 Å². The molecule has 0 aliphatic carbocycles. The van der Waals surface area contributed by atoms with Gasteiger partial charge in [0.15, 0.2) is 17.4 Å². The molecule has 6 heteroatoms. The second kappa shape index (κ2) is 6.49. The average molecular weight is 344 g/mol. The molecule has 3 aliphatic heterocycles. The lowest BCUT2D eigenvalue weighted by Crippen LogP contribution is -2.45. The first kappa shape index (κ1) is 18.5. The summed E-state index contributed by atoms with van der Waals surface area (Å²) in [4.78, 5) is 0. The zero-order chi connectivity index (χ0) is 17.6. The SMILES string of the molecule is CCC1(C)O[C@H]([C@H]2COC(C)(CC)O2)[C@@H]([C@H]2COC(C)(CC)O2)O1. The molecular formula is C18H32O6. The molecule has 140 valence electrons. The summed E-state index contributed by atoms with van der Waals surface area (Å²) in [5, 5.41) is 0. The van der Waals surface area contributed by atoms with Crippen LogP contribution in [0.2, 0.25) is 0 Å². The standard InChI is InChI=1S/C18H32O6/c1-7-16(4)19-10-12(21-16)14-15(24-18(6,9-3)23-14)13-11-20-17(5,8-2)22-13/h12-15H,7-11H2,1-6H3/t12-,13-,14-,15-,16?,17?,18?/m1/s1. The Hall–Kier alpha value is -0.240. The second-order valence-corrected chi connectivity index (χ2v) is 7.56. The minimum absolute atomic E-state index is 0.162. The summed E-state index contributed by atoms with van der Waals surface area (Å²) in [7, 11) is 0. The van der Waals surface area contributed by atoms with Crippen molar-refractivity contribution in [2.24, 2.45) is 0 Å². The van der Waals surface area contributed by atoms with Crippen molar-refractivity contribution in [1.82, 2.24) is 0 Å². The van der Waals surface area contributed by atoms with Crippen LogP contribution in [0, 0.1) is 0 Å². The van der Waals surface area contributed by atoms with Gasteiger partial charge in [0, 0.05) is 0 Å². The van der Waals surface area contributed by atoms with E-state index < -0.39 is 17.4 Å². The Bertz CT molecular complexity index is 421. The van der Waals surface area contributed by atoms with Crippen LogP contribution in [0.5, 0.6) is 0 Å². The zero-order valence-corrected chi connectivity index (χ0v) is 15.8. The lowest BCUT2D eigenvalue weighted by atomic mass is 10.0. The van der Waals surface area contributed by atoms with Gasteiger partial charge in [0.05, 0.1) is 13.2 Å². The summed E-state index contributed by atoms with van der Waals surface area (Å²) in [6, 6.07) is 0. The zero-order valence-electron chi connectivity index (χ0n) is 15.8. The summed E-state index contributed by atoms with van der Waals surface area (Å²) < 4.78 is 36.6. The lowest BCUT2D eigenvalue weighted by Gasteiger charge is -2.28. The summed E-state index contributed by atoms with van der Waals surface area (Å²) >= 11 is 0. The predicted molar refractivity (Wildman–Crippen MR) is 87.5 cm³/mol. The normalized spacial score (nSPS) is 52.2. The molecule has 0 aromatic carbocycles. The number of hydrogen-bond acceptors (Lipinski definition) is 6. The number of rotatable bonds is 5. The van der Waals surface area contributed by atoms with E-state index in [1.165, 1.54) is 0 Å². The largest absolute Gasteiger partial charge is 0.347 e. The fourth-order valence-electron chi connectivity index (χ4n) is 3.47. The average Bonchev–Trinajstić information content (AvgIpc) is 3.25. The maximum atomic E-state index is 6.28. The highest BCUT2D eigenvalue weighted by Gasteiger charge is 2.56. The Labute approximate surface area is 145 Å². The van der Waals surface area contributed by atoms with E-state index in [1.54, 1.807) is 0 Å². The quantitative estimate of drug-likeness (QED) is 0.764. The molecule has 3 aliphatic rings. The number of ether oxygens (including phenoxy) is 6. The van der Waals surface area contributed by atoms with Crippen LogP contribution in [0.15, 0.2) is 0 Å². The first-order valence-corrected chi connectivity index (χ1v) is 9.24. The van der Waals surface area contributed by atoms with Gasteiger partial charge >= 0.3 is 0 Å². The van der Waals surface area contributed by atoms with Crippen LogP contribution in [0.25, 0.3) is 0 Å². The molecule has 0 spiro atoms. The molecule has 0 saturated carbocycles. The van der Waals surface area contributed by atoms with Crippen molar-refractivity contribution < 1.29 is 28.4 Å². The van der Waals surface area contributed by atoms with Crippen LogP contribution >= 0.6 is 0 Å². The molecular weight excluding hydrogens is 312 g/mol. The third kappa shape index (κ3) is 3.37. The Kier molecular flexibility index (Phi) is 5.01. The molecule has 24 heavy (non-hydrogen) atoms. The van der Waals surface area contributed by atoms with Crippen molar-refractivity contribution in [3.8, 4) is 0 Å². The van der Waals surface area contributed by atoms with Crippen molar-refractivity contribution in [3.05, 3.63) is 0 Å². The van der Waals surface area contributed by atoms with Gasteiger partial charge in [-0.25, -0.2) is 0 Å². The van der Waals surface area contributed by atoms with Gasteiger partial charge in [0.25, 0.3) is 0 Å². The van der Waals surface area contributed by atoms with E-state index in [-0.39, 0.29) is 24.4 Å². The van der Waals surface area contributed by atoms with Gasteiger partial charge in [-0.05, 0) is 40.0 Å². The van der Waals surface area contributed by atoms with E-state index in [0.29, 0.717) is 13.2 Å². The molecule has 0 aromatic rings. The van der Waals surface area contributed by atoms with Crippen molar-refractivity contribution in [2.75, 3.05) is 13.2 Å². The second-order valence-electron chi connectivity index (χ2n) is 7.56. The van der Waals surface area contributed by atoms with Gasteiger partial charge in [-0.2, -0.15) is 0 Å². The van der Waals surface area contributed by atoms with Crippen molar-refractivity contribution in [3.63, 3.8) is 0 Å². The third-order valence-electron chi connectivity index (χ3n) is 5.66. The van der Waals surface area contributed by atoms with Crippen LogP contribution in [0.3, 0.4) is 0 Å². The van der Waals surface area contributed by atoms with Crippen molar-refractivity contribution in [1.29, 1.82) is 0 Å². The maximum Gasteiger partial charge on any atom is 0.166 e. The Morgan fingerprint density at radius 3 is 1.29 bits per heavy atom. The van der Waals surface area contributed by atoms with E-state index in [4.69, 9.17) is 28.4 Å². The summed E-state index contributed by atoms with van der Waals surface area (Å²) in [6.07, 6.45) is 1.58. The molecule has 0 N–H and O–H groups in total. The third-order valence-corrected chi connectivity index (χ3v) is 5.66. The summed E-state index contributed by atoms with van der Waals surface area (Å²) in [6.45, 7) is 13.1. The minimum Gasteiger partial charge on any atom is -0.347 e. The molecule has 0 amide bonds. The molecule has 6 atom stereocenters. The smallest absolute Gasteiger partial charge is 0.166 e. The van der Waals surface area contributed by atoms with E-state index in [1.807, 2.05) is 20.8 Å². The highest BCUT2D eigenvalue weighted by atomic mass is 16.8. The molecule has 0 bridgehead atoms. The highest BCUT2D eigenvalue weighted by molar-refractivity contribution is 4.97. The van der Waals surface area contributed by atoms with E-state index in [9.17, 15) is 0 Å². The molecule has 0 radical (unpaired) electrons. The van der Waals surface area contributed by atoms with Crippen LogP contribution < -0.4 is 0 Å². The first-order chi connectivity index (χ1) is 11.3. The Balaban J connectivity index is 1.76. The molecule has 0 aromatic heterocycles. The van der Waals surface area contributed by atoms with Gasteiger partial charge in [-0.3, -0.25) is 0 Å². The Morgan fingerprint density at radius 2 is 1.00 bits per heavy atom. The van der Waals surface area contributed by atoms with Gasteiger partial charge in [-0.1, -0.05) is 20.8 Å². The molecule has 6 nitrogen and oxygen atoms in total. The van der Waals surface area contributed by atoms with Crippen molar-refractivity contribution >= 4 is 0 Å². The molecule has 2 unspecified atom stereocenters. The highest BCUT2D eigenvalue weighted by Crippen LogP contribution is 2.42. The molecule has 3 rings (SSSR count). The van der Waals surface area contributed by atoms with Gasteiger partial charge in [0.2, 0.25) is 0 Å². The fraction of sp³-hybridized carbons (Fsp3) is 1.00. The van der Waals surface area contributed by atoms with Gasteiger partial charge in [-0.15, -0.1) is 0 Å². The topological polar surface area (TPSA) is 55.4 Å². The lowest BCUT2D eigenvalue weighted by molar-refractivity contribution is -0.193. The van der Waals surface area contributed by atoms with Crippen LogP contribution in [0.1, 0.15) is 60.8 Å². The Morgan fingerprint density at radius 1 is 0.625 bits per heavy atom. The monoisotopic (exact) mass is 344 g/mol. The fourth-order valence-corrected chi connectivity index (χ4v) is 3.47. The first-order valence-electron chi connectivity index (χ1n) is 9.24. The molecule has 3 saturated heterocycles. The van der Waals surface area contributed by atoms with Gasteiger partial charge in [0.1, 0.15) is 24.4 Å². The maximum absolute atomic E-state index is 6.28. The molecule has 3 fully saturated rings. The van der Waals surface area contributed by atoms with Crippen molar-refractivity contribution in [2.45, 2.75) is 103 Å². The molecule has 3 heterocycles. The van der Waals surface area contributed by atoms with Crippen LogP contribution in [-0.2, 0) is 28.4 Å². The van der Waals surface area contributed by atoms with E-state index in [0.717, 1.165) is 19.3 Å². The summed E-state index contributed by atoms with van der Waals surface area (Å²) in [5.74, 6) is -1.72. The van der Waals surface area contributed by atoms with Gasteiger partial charge < -0.3 is 28.4 Å². The number of hydrogen-bond donors (Lipinski definition) is 0. The van der Waals surface area contributed by atoms with Crippen LogP contribution in [0.4, 0.5) is 0 Å². The van der Waals surface area contributed by atoms with Crippen LogP contribution in [-0.4, -0.2) is 55.0 Å². The minimum atomic E-state index is -0.627. The summed E-state index contributed by atoms with van der Waals surface area (Å²) in [5.41, 5.74) is 0.